The minimum atomic E-state index is -4.18. The average Bonchev–Trinajstić information content (AvgIpc) is 2.92. The molecule has 0 unspecified atom stereocenters. The van der Waals surface area contributed by atoms with Gasteiger partial charge in [0.15, 0.2) is 0 Å². The number of primary amides is 1. The molecular formula is C25H39N7O9S. The number of nitro groups is 1. The number of amides is 5. The first-order valence-electron chi connectivity index (χ1n) is 13.2. The van der Waals surface area contributed by atoms with Crippen molar-refractivity contribution in [3.8, 4) is 0 Å². The average molecular weight is 614 g/mol. The normalized spacial score (nSPS) is 14.1. The van der Waals surface area contributed by atoms with Crippen molar-refractivity contribution in [2.45, 2.75) is 70.5 Å². The van der Waals surface area contributed by atoms with Gasteiger partial charge in [0.1, 0.15) is 18.1 Å². The van der Waals surface area contributed by atoms with Crippen molar-refractivity contribution in [1.29, 1.82) is 0 Å². The van der Waals surface area contributed by atoms with Crippen LogP contribution < -0.4 is 31.7 Å². The number of rotatable bonds is 17. The largest absolute Gasteiger partial charge is 0.368 e. The third kappa shape index (κ3) is 11.8. The molecule has 0 aromatic heterocycles. The van der Waals surface area contributed by atoms with E-state index in [1.165, 1.54) is 6.92 Å². The lowest BCUT2D eigenvalue weighted by atomic mass is 9.96. The van der Waals surface area contributed by atoms with Crippen LogP contribution in [0.1, 0.15) is 47.5 Å². The van der Waals surface area contributed by atoms with Gasteiger partial charge in [0.25, 0.3) is 5.69 Å². The molecule has 42 heavy (non-hydrogen) atoms. The molecular weight excluding hydrogens is 574 g/mol. The SMILES string of the molecule is CC[C@H](C)[C@H](NC(=O)[C@H](C)NC(=O)CNS(=O)(=O)c1ccc([N+](=O)[O-])cc1)C(=O)N[C@@H](CC(C)C)C(=O)NCC(N)=O. The Bertz CT molecular complexity index is 1250. The molecule has 0 radical (unpaired) electrons. The van der Waals surface area contributed by atoms with Crippen LogP contribution in [0.4, 0.5) is 5.69 Å². The van der Waals surface area contributed by atoms with Gasteiger partial charge in [-0.1, -0.05) is 34.1 Å². The van der Waals surface area contributed by atoms with E-state index in [4.69, 9.17) is 5.73 Å². The predicted octanol–water partition coefficient (Wildman–Crippen LogP) is -0.959. The molecule has 0 saturated carbocycles. The van der Waals surface area contributed by atoms with E-state index >= 15 is 0 Å². The molecule has 4 atom stereocenters. The molecule has 0 fully saturated rings. The molecule has 17 heteroatoms. The second-order valence-electron chi connectivity index (χ2n) is 10.1. The standard InChI is InChI=1S/C25H39N7O9S/c1-6-15(4)22(25(37)30-19(11-14(2)3)24(36)27-12-20(26)33)31-23(35)16(5)29-21(34)13-28-42(40,41)18-9-7-17(8-10-18)32(38)39/h7-10,14-16,19,22,28H,6,11-13H2,1-5H3,(H2,26,33)(H,27,36)(H,29,34)(H,30,37)(H,31,35)/t15-,16-,19-,22-/m0/s1. The van der Waals surface area contributed by atoms with Gasteiger partial charge in [0.05, 0.1) is 22.9 Å². The topological polar surface area (TPSA) is 249 Å². The van der Waals surface area contributed by atoms with Crippen molar-refractivity contribution in [2.75, 3.05) is 13.1 Å². The van der Waals surface area contributed by atoms with Crippen LogP contribution in [0.2, 0.25) is 0 Å². The Balaban J connectivity index is 2.84. The Kier molecular flexibility index (Phi) is 14.0. The van der Waals surface area contributed by atoms with Gasteiger partial charge < -0.3 is 27.0 Å². The van der Waals surface area contributed by atoms with E-state index in [-0.39, 0.29) is 28.8 Å². The molecule has 16 nitrogen and oxygen atoms in total. The van der Waals surface area contributed by atoms with E-state index in [0.29, 0.717) is 6.42 Å². The zero-order valence-electron chi connectivity index (χ0n) is 24.1. The number of hydrogen-bond acceptors (Lipinski definition) is 9. The van der Waals surface area contributed by atoms with E-state index in [2.05, 4.69) is 21.3 Å². The van der Waals surface area contributed by atoms with Crippen LogP contribution in [0.25, 0.3) is 0 Å². The summed E-state index contributed by atoms with van der Waals surface area (Å²) >= 11 is 0. The maximum atomic E-state index is 13.2. The lowest BCUT2D eigenvalue weighted by Crippen LogP contribution is -2.58. The van der Waals surface area contributed by atoms with Gasteiger partial charge in [-0.2, -0.15) is 0 Å². The summed E-state index contributed by atoms with van der Waals surface area (Å²) in [6.07, 6.45) is 0.728. The van der Waals surface area contributed by atoms with E-state index < -0.39 is 75.7 Å². The number of nitrogens with one attached hydrogen (secondary N) is 5. The van der Waals surface area contributed by atoms with Gasteiger partial charge in [0, 0.05) is 12.1 Å². The molecule has 0 aliphatic carbocycles. The molecule has 1 aromatic rings. The molecule has 0 bridgehead atoms. The molecule has 0 aliphatic heterocycles. The molecule has 234 valence electrons. The number of hydrogen-bond donors (Lipinski definition) is 6. The number of carbonyl (C=O) groups excluding carboxylic acids is 5. The number of nitrogens with two attached hydrogens (primary N) is 1. The minimum absolute atomic E-state index is 0.000617. The second-order valence-corrected chi connectivity index (χ2v) is 11.9. The van der Waals surface area contributed by atoms with Gasteiger partial charge in [-0.25, -0.2) is 13.1 Å². The van der Waals surface area contributed by atoms with Gasteiger partial charge in [-0.3, -0.25) is 34.1 Å². The fourth-order valence-electron chi connectivity index (χ4n) is 3.59. The first-order chi connectivity index (χ1) is 19.5. The Labute approximate surface area is 244 Å². The summed E-state index contributed by atoms with van der Waals surface area (Å²) in [5.74, 6) is -3.97. The van der Waals surface area contributed by atoms with Crippen LogP contribution in [0.5, 0.6) is 0 Å². The summed E-state index contributed by atoms with van der Waals surface area (Å²) in [4.78, 5) is 71.8. The number of carbonyl (C=O) groups is 5. The van der Waals surface area contributed by atoms with Crippen LogP contribution in [0.15, 0.2) is 29.2 Å². The maximum Gasteiger partial charge on any atom is 0.269 e. The lowest BCUT2D eigenvalue weighted by Gasteiger charge is -2.28. The fraction of sp³-hybridized carbons (Fsp3) is 0.560. The number of non-ortho nitro benzene ring substituents is 1. The quantitative estimate of drug-likeness (QED) is 0.0934. The maximum absolute atomic E-state index is 13.2. The van der Waals surface area contributed by atoms with Crippen molar-refractivity contribution in [3.63, 3.8) is 0 Å². The molecule has 1 rings (SSSR count). The smallest absolute Gasteiger partial charge is 0.269 e. The molecule has 0 spiro atoms. The Morgan fingerprint density at radius 2 is 1.50 bits per heavy atom. The van der Waals surface area contributed by atoms with Crippen LogP contribution in [0, 0.1) is 22.0 Å². The van der Waals surface area contributed by atoms with Crippen molar-refractivity contribution >= 4 is 45.2 Å². The van der Waals surface area contributed by atoms with Gasteiger partial charge in [-0.05, 0) is 37.3 Å². The van der Waals surface area contributed by atoms with Crippen molar-refractivity contribution < 1.29 is 37.3 Å². The van der Waals surface area contributed by atoms with Gasteiger partial charge in [0.2, 0.25) is 39.6 Å². The Morgan fingerprint density at radius 3 is 2.00 bits per heavy atom. The summed E-state index contributed by atoms with van der Waals surface area (Å²) in [6, 6.07) is 0.782. The first-order valence-corrected chi connectivity index (χ1v) is 14.7. The van der Waals surface area contributed by atoms with Crippen molar-refractivity contribution in [1.82, 2.24) is 26.0 Å². The van der Waals surface area contributed by atoms with Gasteiger partial charge >= 0.3 is 0 Å². The molecule has 7 N–H and O–H groups in total. The molecule has 0 heterocycles. The molecule has 0 aliphatic rings. The van der Waals surface area contributed by atoms with Gasteiger partial charge in [-0.15, -0.1) is 0 Å². The highest BCUT2D eigenvalue weighted by molar-refractivity contribution is 7.89. The van der Waals surface area contributed by atoms with Crippen molar-refractivity contribution in [2.24, 2.45) is 17.6 Å². The first kappa shape index (κ1) is 35.9. The number of sulfonamides is 1. The summed E-state index contributed by atoms with van der Waals surface area (Å²) < 4.78 is 26.9. The summed E-state index contributed by atoms with van der Waals surface area (Å²) in [7, 11) is -4.18. The lowest BCUT2D eigenvalue weighted by molar-refractivity contribution is -0.384. The highest BCUT2D eigenvalue weighted by atomic mass is 32.2. The monoisotopic (exact) mass is 613 g/mol. The molecule has 0 saturated heterocycles. The fourth-order valence-corrected chi connectivity index (χ4v) is 4.57. The Morgan fingerprint density at radius 1 is 0.905 bits per heavy atom. The third-order valence-corrected chi connectivity index (χ3v) is 7.54. The highest BCUT2D eigenvalue weighted by Gasteiger charge is 2.31. The number of nitro benzene ring substituents is 1. The third-order valence-electron chi connectivity index (χ3n) is 6.12. The van der Waals surface area contributed by atoms with Crippen LogP contribution >= 0.6 is 0 Å². The van der Waals surface area contributed by atoms with E-state index in [9.17, 15) is 42.5 Å². The van der Waals surface area contributed by atoms with E-state index in [1.807, 2.05) is 18.6 Å². The van der Waals surface area contributed by atoms with Crippen LogP contribution in [-0.2, 0) is 34.0 Å². The summed E-state index contributed by atoms with van der Waals surface area (Å²) in [5.41, 5.74) is 4.77. The Hall–Kier alpha value is -4.12. The summed E-state index contributed by atoms with van der Waals surface area (Å²) in [5, 5.41) is 20.6. The van der Waals surface area contributed by atoms with E-state index in [1.54, 1.807) is 13.8 Å². The zero-order valence-corrected chi connectivity index (χ0v) is 24.9. The molecule has 1 aromatic carbocycles. The number of nitrogens with zero attached hydrogens (tertiary/aromatic N) is 1. The second kappa shape index (κ2) is 16.4. The van der Waals surface area contributed by atoms with Crippen molar-refractivity contribution in [3.05, 3.63) is 34.4 Å². The highest BCUT2D eigenvalue weighted by Crippen LogP contribution is 2.15. The molecule has 5 amide bonds. The minimum Gasteiger partial charge on any atom is -0.368 e. The summed E-state index contributed by atoms with van der Waals surface area (Å²) in [6.45, 7) is 7.38. The predicted molar refractivity (Wildman–Crippen MR) is 151 cm³/mol. The van der Waals surface area contributed by atoms with E-state index in [0.717, 1.165) is 24.3 Å². The zero-order chi connectivity index (χ0) is 32.2. The van der Waals surface area contributed by atoms with Crippen LogP contribution in [0.3, 0.4) is 0 Å². The number of benzene rings is 1. The van der Waals surface area contributed by atoms with Crippen LogP contribution in [-0.4, -0.2) is 74.1 Å².